The van der Waals surface area contributed by atoms with Gasteiger partial charge in [-0.3, -0.25) is 0 Å². The Balaban J connectivity index is 1.73. The molecule has 2 amide bonds. The smallest absolute Gasteiger partial charge is 0.391 e. The first kappa shape index (κ1) is 16.3. The second-order valence-corrected chi connectivity index (χ2v) is 5.54. The van der Waals surface area contributed by atoms with Crippen LogP contribution in [0.5, 0.6) is 0 Å². The van der Waals surface area contributed by atoms with Crippen molar-refractivity contribution < 1.29 is 23.1 Å². The van der Waals surface area contributed by atoms with E-state index in [-0.39, 0.29) is 18.3 Å². The first-order chi connectivity index (χ1) is 11.3. The highest BCUT2D eigenvalue weighted by atomic mass is 19.4. The Morgan fingerprint density at radius 3 is 2.83 bits per heavy atom. The number of anilines is 1. The number of β-amino-alcohol motifs (C(OH)–C–C–N with tert-alkyl or cyclic N) is 1. The van der Waals surface area contributed by atoms with E-state index in [9.17, 15) is 23.1 Å². The van der Waals surface area contributed by atoms with E-state index in [1.807, 2.05) is 0 Å². The average Bonchev–Trinajstić information content (AvgIpc) is 3.16. The standard InChI is InChI=1S/C15H15F3N4O2/c16-15(17,18)10-2-1-3-12(6-10)22-8-11(7-19-22)20-14(24)21-5-4-13(23)9-21/h1-3,6-8,13,23H,4-5,9H2,(H,20,24)/t13-/m0/s1. The molecule has 6 nitrogen and oxygen atoms in total. The van der Waals surface area contributed by atoms with Crippen LogP contribution in [-0.4, -0.2) is 45.0 Å². The number of carbonyl (C=O) groups excluding carboxylic acids is 1. The van der Waals surface area contributed by atoms with Gasteiger partial charge in [-0.1, -0.05) is 6.07 Å². The summed E-state index contributed by atoms with van der Waals surface area (Å²) < 4.78 is 39.5. The molecule has 0 radical (unpaired) electrons. The number of amides is 2. The van der Waals surface area contributed by atoms with Crippen LogP contribution in [-0.2, 0) is 6.18 Å². The van der Waals surface area contributed by atoms with Gasteiger partial charge in [0.25, 0.3) is 0 Å². The van der Waals surface area contributed by atoms with Crippen LogP contribution in [0.2, 0.25) is 0 Å². The van der Waals surface area contributed by atoms with E-state index < -0.39 is 17.8 Å². The summed E-state index contributed by atoms with van der Waals surface area (Å²) in [5, 5.41) is 16.0. The lowest BCUT2D eigenvalue weighted by Crippen LogP contribution is -2.33. The number of benzene rings is 1. The first-order valence-corrected chi connectivity index (χ1v) is 7.29. The molecule has 2 heterocycles. The van der Waals surface area contributed by atoms with E-state index in [0.29, 0.717) is 18.7 Å². The van der Waals surface area contributed by atoms with E-state index in [4.69, 9.17) is 0 Å². The lowest BCUT2D eigenvalue weighted by atomic mass is 10.2. The van der Waals surface area contributed by atoms with Crippen molar-refractivity contribution in [2.24, 2.45) is 0 Å². The molecule has 0 saturated carbocycles. The maximum atomic E-state index is 12.8. The summed E-state index contributed by atoms with van der Waals surface area (Å²) >= 11 is 0. The van der Waals surface area contributed by atoms with Crippen LogP contribution in [0.4, 0.5) is 23.7 Å². The van der Waals surface area contributed by atoms with Gasteiger partial charge in [0.05, 0.1) is 35.4 Å². The summed E-state index contributed by atoms with van der Waals surface area (Å²) in [5.74, 6) is 0. The van der Waals surface area contributed by atoms with Crippen molar-refractivity contribution in [2.75, 3.05) is 18.4 Å². The minimum Gasteiger partial charge on any atom is -0.391 e. The summed E-state index contributed by atoms with van der Waals surface area (Å²) in [6.45, 7) is 0.711. The Morgan fingerprint density at radius 1 is 1.38 bits per heavy atom. The van der Waals surface area contributed by atoms with Crippen LogP contribution in [0.1, 0.15) is 12.0 Å². The molecule has 1 aliphatic rings. The SMILES string of the molecule is O=C(Nc1cnn(-c2cccc(C(F)(F)F)c2)c1)N1CC[C@H](O)C1. The van der Waals surface area contributed by atoms with Crippen LogP contribution in [0.15, 0.2) is 36.7 Å². The minimum atomic E-state index is -4.43. The topological polar surface area (TPSA) is 70.4 Å². The Kier molecular flexibility index (Phi) is 4.18. The molecular formula is C15H15F3N4O2. The average molecular weight is 340 g/mol. The van der Waals surface area contributed by atoms with Crippen LogP contribution < -0.4 is 5.32 Å². The number of aliphatic hydroxyl groups is 1. The van der Waals surface area contributed by atoms with Gasteiger partial charge in [-0.05, 0) is 24.6 Å². The molecule has 1 saturated heterocycles. The third kappa shape index (κ3) is 3.51. The third-order valence-corrected chi connectivity index (χ3v) is 3.72. The zero-order valence-electron chi connectivity index (χ0n) is 12.5. The first-order valence-electron chi connectivity index (χ1n) is 7.29. The molecule has 2 aromatic rings. The molecule has 3 rings (SSSR count). The molecule has 128 valence electrons. The lowest BCUT2D eigenvalue weighted by Gasteiger charge is -2.15. The Hall–Kier alpha value is -2.55. The number of aliphatic hydroxyl groups excluding tert-OH is 1. The van der Waals surface area contributed by atoms with Gasteiger partial charge in [0.1, 0.15) is 0 Å². The molecule has 2 N–H and O–H groups in total. The fourth-order valence-corrected chi connectivity index (χ4v) is 2.48. The molecule has 24 heavy (non-hydrogen) atoms. The van der Waals surface area contributed by atoms with Gasteiger partial charge >= 0.3 is 12.2 Å². The van der Waals surface area contributed by atoms with E-state index in [0.717, 1.165) is 12.1 Å². The number of likely N-dealkylation sites (tertiary alicyclic amines) is 1. The third-order valence-electron chi connectivity index (χ3n) is 3.72. The number of halogens is 3. The van der Waals surface area contributed by atoms with Gasteiger partial charge in [0, 0.05) is 13.1 Å². The van der Waals surface area contributed by atoms with Crippen molar-refractivity contribution in [1.29, 1.82) is 0 Å². The van der Waals surface area contributed by atoms with Crippen molar-refractivity contribution in [3.63, 3.8) is 0 Å². The van der Waals surface area contributed by atoms with Crippen molar-refractivity contribution >= 4 is 11.7 Å². The highest BCUT2D eigenvalue weighted by molar-refractivity contribution is 5.89. The molecule has 1 aromatic heterocycles. The van der Waals surface area contributed by atoms with Crippen molar-refractivity contribution in [3.8, 4) is 5.69 Å². The maximum Gasteiger partial charge on any atom is 0.416 e. The number of nitrogens with one attached hydrogen (secondary N) is 1. The summed E-state index contributed by atoms with van der Waals surface area (Å²) in [6.07, 6.45) is -1.65. The van der Waals surface area contributed by atoms with Gasteiger partial charge in [-0.25, -0.2) is 9.48 Å². The van der Waals surface area contributed by atoms with Gasteiger partial charge in [0.2, 0.25) is 0 Å². The molecular weight excluding hydrogens is 325 g/mol. The van der Waals surface area contributed by atoms with Crippen LogP contribution in [0, 0.1) is 0 Å². The number of alkyl halides is 3. The number of aromatic nitrogens is 2. The second-order valence-electron chi connectivity index (χ2n) is 5.54. The van der Waals surface area contributed by atoms with Gasteiger partial charge < -0.3 is 15.3 Å². The van der Waals surface area contributed by atoms with Crippen molar-refractivity contribution in [2.45, 2.75) is 18.7 Å². The molecule has 0 bridgehead atoms. The molecule has 0 spiro atoms. The van der Waals surface area contributed by atoms with Crippen LogP contribution in [0.3, 0.4) is 0 Å². The largest absolute Gasteiger partial charge is 0.416 e. The van der Waals surface area contributed by atoms with Crippen LogP contribution >= 0.6 is 0 Å². The van der Waals surface area contributed by atoms with E-state index in [1.54, 1.807) is 0 Å². The number of carbonyl (C=O) groups is 1. The zero-order chi connectivity index (χ0) is 17.3. The minimum absolute atomic E-state index is 0.238. The lowest BCUT2D eigenvalue weighted by molar-refractivity contribution is -0.137. The number of nitrogens with zero attached hydrogens (tertiary/aromatic N) is 3. The molecule has 1 atom stereocenters. The predicted octanol–water partition coefficient (Wildman–Crippen LogP) is 2.49. The molecule has 1 aliphatic heterocycles. The Bertz CT molecular complexity index is 744. The maximum absolute atomic E-state index is 12.8. The number of hydrogen-bond donors (Lipinski definition) is 2. The molecule has 9 heteroatoms. The van der Waals surface area contributed by atoms with Crippen molar-refractivity contribution in [3.05, 3.63) is 42.2 Å². The summed E-state index contributed by atoms with van der Waals surface area (Å²) in [5.41, 5.74) is -0.173. The summed E-state index contributed by atoms with van der Waals surface area (Å²) in [6, 6.07) is 4.37. The van der Waals surface area contributed by atoms with E-state index in [2.05, 4.69) is 10.4 Å². The molecule has 0 unspecified atom stereocenters. The fraction of sp³-hybridized carbons (Fsp3) is 0.333. The monoisotopic (exact) mass is 340 g/mol. The highest BCUT2D eigenvalue weighted by Crippen LogP contribution is 2.30. The second kappa shape index (κ2) is 6.16. The summed E-state index contributed by atoms with van der Waals surface area (Å²) in [4.78, 5) is 13.5. The quantitative estimate of drug-likeness (QED) is 0.882. The van der Waals surface area contributed by atoms with E-state index in [1.165, 1.54) is 34.1 Å². The Morgan fingerprint density at radius 2 is 2.17 bits per heavy atom. The number of urea groups is 1. The predicted molar refractivity (Wildman–Crippen MR) is 79.8 cm³/mol. The van der Waals surface area contributed by atoms with Gasteiger partial charge in [-0.2, -0.15) is 18.3 Å². The van der Waals surface area contributed by atoms with Gasteiger partial charge in [-0.15, -0.1) is 0 Å². The highest BCUT2D eigenvalue weighted by Gasteiger charge is 2.30. The Labute approximate surface area is 135 Å². The molecule has 1 aromatic carbocycles. The van der Waals surface area contributed by atoms with Crippen molar-refractivity contribution in [1.82, 2.24) is 14.7 Å². The summed E-state index contributed by atoms with van der Waals surface area (Å²) in [7, 11) is 0. The normalized spacial score (nSPS) is 18.0. The van der Waals surface area contributed by atoms with Crippen LogP contribution in [0.25, 0.3) is 5.69 Å². The molecule has 1 fully saturated rings. The van der Waals surface area contributed by atoms with Gasteiger partial charge in [0.15, 0.2) is 0 Å². The zero-order valence-corrected chi connectivity index (χ0v) is 12.5. The fourth-order valence-electron chi connectivity index (χ4n) is 2.48. The molecule has 0 aliphatic carbocycles. The number of rotatable bonds is 2. The number of hydrogen-bond acceptors (Lipinski definition) is 3. The van der Waals surface area contributed by atoms with E-state index >= 15 is 0 Å².